The molecule has 0 aliphatic carbocycles. The topological polar surface area (TPSA) is 269 Å². The van der Waals surface area contributed by atoms with Crippen molar-refractivity contribution < 1.29 is 48.6 Å². The fourth-order valence-corrected chi connectivity index (χ4v) is 8.31. The number of H-pyrrole nitrogens is 1. The maximum Gasteiger partial charge on any atom is 0.305 e. The quantitative estimate of drug-likeness (QED) is 0.0129. The highest BCUT2D eigenvalue weighted by Gasteiger charge is 2.41. The van der Waals surface area contributed by atoms with Crippen LogP contribution in [0.5, 0.6) is 0 Å². The lowest BCUT2D eigenvalue weighted by Gasteiger charge is -2.29. The number of carbonyl (C=O) groups excluding carboxylic acids is 7. The Morgan fingerprint density at radius 2 is 1.64 bits per heavy atom. The monoisotopic (exact) mass is 906 g/mol. The number of hydrazine groups is 1. The van der Waals surface area contributed by atoms with Gasteiger partial charge in [0.15, 0.2) is 11.6 Å². The Labute approximate surface area is 368 Å². The normalized spacial score (nSPS) is 16.9. The molecule has 2 heterocycles. The number of carboxylic acids is 1. The predicted octanol–water partition coefficient (Wildman–Crippen LogP) is 0.454. The fraction of sp³-hybridized carbons (Fsp3) is 0.575. The lowest BCUT2D eigenvalue weighted by molar-refractivity contribution is -0.144. The second kappa shape index (κ2) is 26.5. The first-order chi connectivity index (χ1) is 29.1. The molecule has 61 heavy (non-hydrogen) atoms. The number of carbonyl (C=O) groups is 8. The van der Waals surface area contributed by atoms with Crippen molar-refractivity contribution in [1.82, 2.24) is 41.7 Å². The molecule has 1 aromatic carbocycles. The zero-order valence-electron chi connectivity index (χ0n) is 34.8. The Balaban J connectivity index is 1.81. The van der Waals surface area contributed by atoms with Gasteiger partial charge in [0.1, 0.15) is 6.04 Å². The van der Waals surface area contributed by atoms with E-state index in [1.165, 1.54) is 24.3 Å². The first kappa shape index (κ1) is 51.4. The van der Waals surface area contributed by atoms with Crippen LogP contribution in [0.25, 0.3) is 0 Å². The summed E-state index contributed by atoms with van der Waals surface area (Å²) in [6, 6.07) is 1.57. The molecule has 0 bridgehead atoms. The second-order valence-electron chi connectivity index (χ2n) is 15.0. The Hall–Kier alpha value is -3.96. The van der Waals surface area contributed by atoms with Crippen molar-refractivity contribution in [3.8, 4) is 0 Å². The molecule has 1 aliphatic rings. The van der Waals surface area contributed by atoms with Crippen LogP contribution in [0.15, 0.2) is 42.9 Å². The van der Waals surface area contributed by atoms with E-state index in [2.05, 4.69) is 49.4 Å². The number of aromatic amines is 1. The van der Waals surface area contributed by atoms with E-state index < -0.39 is 96.1 Å². The number of aromatic nitrogens is 2. The molecule has 0 radical (unpaired) electrons. The minimum absolute atomic E-state index is 0.0263. The van der Waals surface area contributed by atoms with E-state index in [4.69, 9.17) is 0 Å². The summed E-state index contributed by atoms with van der Waals surface area (Å²) in [5.41, 5.74) is 5.96. The van der Waals surface area contributed by atoms with Gasteiger partial charge in [0.2, 0.25) is 29.2 Å². The standard InChI is InChI=1S/C40H58N8O10S3/c1-5-60-61-22-44-30(20-59)40(58)48-13-9-12-31(48)38(56)37(55)28(15-25-10-7-6-8-11-25)42-19-33(51)27(16-26-18-41-21-43-26)45-39(57)35(24(4)49)47-46-29(17-34(52)53)36(54)32(50)14-23(2)3/h6-8,10-11,18,21,23-24,27-31,35,42,44,46-47,49,59H,5,9,12-17,19-20,22H2,1-4H3,(H,41,43)(H,45,57)(H,52,53)/t24-,27+,28+,29+,30+,31+,35+/m1/s1. The van der Waals surface area contributed by atoms with Crippen LogP contribution in [0.4, 0.5) is 0 Å². The van der Waals surface area contributed by atoms with E-state index in [9.17, 15) is 48.6 Å². The largest absolute Gasteiger partial charge is 0.481 e. The van der Waals surface area contributed by atoms with Gasteiger partial charge in [0, 0.05) is 37.1 Å². The van der Waals surface area contributed by atoms with Crippen molar-refractivity contribution in [2.75, 3.05) is 30.5 Å². The molecule has 8 N–H and O–H groups in total. The van der Waals surface area contributed by atoms with Crippen molar-refractivity contribution in [1.29, 1.82) is 0 Å². The first-order valence-corrected chi connectivity index (χ1v) is 23.2. The van der Waals surface area contributed by atoms with Crippen LogP contribution < -0.4 is 26.8 Å². The van der Waals surface area contributed by atoms with Gasteiger partial charge in [-0.05, 0) is 37.7 Å². The number of benzene rings is 1. The number of nitrogens with one attached hydrogen (secondary N) is 6. The number of ketones is 5. The van der Waals surface area contributed by atoms with E-state index in [1.807, 2.05) is 6.92 Å². The van der Waals surface area contributed by atoms with Crippen LogP contribution in [0, 0.1) is 5.92 Å². The molecule has 336 valence electrons. The van der Waals surface area contributed by atoms with Gasteiger partial charge in [-0.25, -0.2) is 15.8 Å². The molecule has 3 rings (SSSR count). The Morgan fingerprint density at radius 1 is 0.918 bits per heavy atom. The first-order valence-electron chi connectivity index (χ1n) is 20.1. The van der Waals surface area contributed by atoms with Crippen molar-refractivity contribution in [3.63, 3.8) is 0 Å². The molecule has 1 saturated heterocycles. The van der Waals surface area contributed by atoms with E-state index in [-0.39, 0.29) is 43.3 Å². The molecule has 0 saturated carbocycles. The van der Waals surface area contributed by atoms with Crippen molar-refractivity contribution in [2.24, 2.45) is 5.92 Å². The van der Waals surface area contributed by atoms with Gasteiger partial charge in [-0.3, -0.25) is 49.0 Å². The number of aliphatic hydroxyl groups excluding tert-OH is 1. The number of hydrogen-bond donors (Lipinski definition) is 9. The van der Waals surface area contributed by atoms with Gasteiger partial charge >= 0.3 is 5.97 Å². The Bertz CT molecular complexity index is 1790. The van der Waals surface area contributed by atoms with Crippen molar-refractivity contribution in [2.45, 2.75) is 109 Å². The maximum absolute atomic E-state index is 14.1. The van der Waals surface area contributed by atoms with Crippen LogP contribution in [-0.2, 0) is 51.2 Å². The van der Waals surface area contributed by atoms with E-state index >= 15 is 0 Å². The average Bonchev–Trinajstić information content (AvgIpc) is 3.94. The third-order valence-corrected chi connectivity index (χ3v) is 12.3. The van der Waals surface area contributed by atoms with E-state index in [1.54, 1.807) is 65.8 Å². The average molecular weight is 907 g/mol. The van der Waals surface area contributed by atoms with Crippen LogP contribution in [0.3, 0.4) is 0 Å². The lowest BCUT2D eigenvalue weighted by Crippen LogP contribution is -2.61. The Kier molecular flexibility index (Phi) is 22.3. The summed E-state index contributed by atoms with van der Waals surface area (Å²) in [6.07, 6.45) is 1.19. The highest BCUT2D eigenvalue weighted by atomic mass is 33.1. The van der Waals surface area contributed by atoms with Crippen LogP contribution in [0.1, 0.15) is 64.6 Å². The molecule has 1 aliphatic heterocycles. The van der Waals surface area contributed by atoms with E-state index in [0.717, 1.165) is 5.75 Å². The molecule has 2 aromatic rings. The number of carboxylic acid groups (broad SMARTS) is 1. The summed E-state index contributed by atoms with van der Waals surface area (Å²) in [5.74, 6) is -5.31. The summed E-state index contributed by atoms with van der Waals surface area (Å²) in [5, 5.41) is 28.7. The van der Waals surface area contributed by atoms with Gasteiger partial charge in [0.05, 0.1) is 67.2 Å². The third-order valence-electron chi connectivity index (χ3n) is 9.69. The highest BCUT2D eigenvalue weighted by Crippen LogP contribution is 2.23. The number of Topliss-reactive ketones (excluding diaryl/α,β-unsaturated/α-hetero) is 5. The summed E-state index contributed by atoms with van der Waals surface area (Å²) < 4.78 is 0. The number of nitrogens with zero attached hydrogens (tertiary/aromatic N) is 2. The summed E-state index contributed by atoms with van der Waals surface area (Å²) in [6.45, 7) is 6.49. The molecular weight excluding hydrogens is 849 g/mol. The molecule has 7 atom stereocenters. The van der Waals surface area contributed by atoms with Gasteiger partial charge < -0.3 is 25.4 Å². The Morgan fingerprint density at radius 3 is 2.25 bits per heavy atom. The molecule has 0 spiro atoms. The second-order valence-corrected chi connectivity index (χ2v) is 18.1. The highest BCUT2D eigenvalue weighted by molar-refractivity contribution is 8.76. The smallest absolute Gasteiger partial charge is 0.305 e. The molecule has 1 aromatic heterocycles. The number of hydrogen-bond acceptors (Lipinski definition) is 17. The number of thiol groups is 1. The SMILES string of the molecule is CCSSCN[C@@H](CS)C(=O)N1CCC[C@H]1C(=O)C(=O)[C@H](Cc1ccccc1)NCC(=O)[C@H](Cc1c[nH]cn1)NC(=O)[C@@H](NN[C@@H](CC(=O)O)C(=O)C(=O)CC(C)C)[C@@H](C)O. The van der Waals surface area contributed by atoms with E-state index in [0.29, 0.717) is 30.1 Å². The van der Waals surface area contributed by atoms with Crippen molar-refractivity contribution in [3.05, 3.63) is 54.1 Å². The summed E-state index contributed by atoms with van der Waals surface area (Å²) in [4.78, 5) is 115. The third kappa shape index (κ3) is 16.7. The number of aliphatic hydroxyl groups is 1. The zero-order chi connectivity index (χ0) is 45.1. The molecule has 0 unspecified atom stereocenters. The van der Waals surface area contributed by atoms with Crippen LogP contribution in [-0.4, -0.2) is 145 Å². The maximum atomic E-state index is 14.1. The van der Waals surface area contributed by atoms with Gasteiger partial charge in [0.25, 0.3) is 0 Å². The van der Waals surface area contributed by atoms with Crippen molar-refractivity contribution >= 4 is 80.9 Å². The molecular formula is C40H58N8O10S3. The van der Waals surface area contributed by atoms with Crippen LogP contribution in [0.2, 0.25) is 0 Å². The minimum Gasteiger partial charge on any atom is -0.481 e. The van der Waals surface area contributed by atoms with Gasteiger partial charge in [-0.2, -0.15) is 12.6 Å². The molecule has 18 nitrogen and oxygen atoms in total. The molecule has 2 amide bonds. The van der Waals surface area contributed by atoms with Crippen LogP contribution >= 0.6 is 34.2 Å². The molecule has 21 heteroatoms. The number of aliphatic carboxylic acids is 1. The number of rotatable bonds is 30. The number of imidazole rings is 1. The fourth-order valence-electron chi connectivity index (χ4n) is 6.55. The lowest BCUT2D eigenvalue weighted by atomic mass is 9.95. The zero-order valence-corrected chi connectivity index (χ0v) is 37.3. The summed E-state index contributed by atoms with van der Waals surface area (Å²) in [7, 11) is 3.19. The predicted molar refractivity (Wildman–Crippen MR) is 235 cm³/mol. The molecule has 1 fully saturated rings. The number of likely N-dealkylation sites (tertiary alicyclic amines) is 1. The minimum atomic E-state index is -1.57. The number of amides is 2. The summed E-state index contributed by atoms with van der Waals surface area (Å²) >= 11 is 4.35. The van der Waals surface area contributed by atoms with Gasteiger partial charge in [-0.15, -0.1) is 0 Å². The van der Waals surface area contributed by atoms with Gasteiger partial charge in [-0.1, -0.05) is 72.7 Å².